The molecule has 9 nitrogen and oxygen atoms in total. The molecule has 0 saturated heterocycles. The summed E-state index contributed by atoms with van der Waals surface area (Å²) in [5.74, 6) is 1.86. The van der Waals surface area contributed by atoms with Crippen molar-refractivity contribution in [2.45, 2.75) is 0 Å². The molecule has 23 rings (SSSR count). The van der Waals surface area contributed by atoms with Gasteiger partial charge in [-0.3, -0.25) is 4.57 Å². The van der Waals surface area contributed by atoms with Crippen LogP contribution in [0.15, 0.2) is 394 Å². The smallest absolute Gasteiger partial charge is 0.238 e. The molecule has 0 radical (unpaired) electrons. The summed E-state index contributed by atoms with van der Waals surface area (Å²) in [5, 5.41) is 14.8. The van der Waals surface area contributed by atoms with E-state index in [0.717, 1.165) is 89.1 Å². The molecule has 17 aromatic carbocycles. The van der Waals surface area contributed by atoms with E-state index in [1.165, 1.54) is 104 Å². The van der Waals surface area contributed by atoms with Crippen LogP contribution in [0.25, 0.3) is 210 Å². The molecule has 0 saturated carbocycles. The first kappa shape index (κ1) is 64.0. The SMILES string of the molecule is c1ccc(-c2nc(-c3ccccc3)nc(-n3c4ccccc4c4cc(-c5ccc6c(c5)c5c7ccccc7ccc5n6-c5ccccc5)ccc43)n2)cc1.c1ccc(-c2nc3ccccc3nc2-c2ccc(-n3c4ccccc4c4cc(-c5ccc6c(c5)c5c7ccccc7ccc5n6-c5ccccc5)ccc43)cc2)cc1. The van der Waals surface area contributed by atoms with E-state index in [4.69, 9.17) is 24.9 Å². The second kappa shape index (κ2) is 26.3. The fourth-order valence-electron chi connectivity index (χ4n) is 17.1. The first-order valence-electron chi connectivity index (χ1n) is 38.0. The van der Waals surface area contributed by atoms with Crippen molar-refractivity contribution in [1.29, 1.82) is 0 Å². The normalized spacial score (nSPS) is 11.8. The van der Waals surface area contributed by atoms with Crippen molar-refractivity contribution < 1.29 is 0 Å². The van der Waals surface area contributed by atoms with Crippen LogP contribution in [0, 0.1) is 0 Å². The first-order chi connectivity index (χ1) is 55.5. The third-order valence-electron chi connectivity index (χ3n) is 22.3. The number of aromatic nitrogens is 9. The summed E-state index contributed by atoms with van der Waals surface area (Å²) in [6, 6.07) is 140. The highest BCUT2D eigenvalue weighted by Crippen LogP contribution is 2.45. The summed E-state index contributed by atoms with van der Waals surface area (Å²) in [6.07, 6.45) is 0. The van der Waals surface area contributed by atoms with E-state index in [0.29, 0.717) is 17.6 Å². The number of para-hydroxylation sites is 6. The predicted molar refractivity (Wildman–Crippen MR) is 464 cm³/mol. The standard InChI is InChI=1S/C54H34N4.C49H31N5/c1-3-14-36(15-4-1)53-54(56-47-21-11-10-20-46(47)55-53)37-23-28-41(29-24-37)57-48-22-12-9-19-43(48)44-33-38(26-30-49(44)57)39-27-31-50-45(34-39)52-42-18-8-7-13-35(42)25-32-51(52)58(50)40-16-5-2-6-17-40;1-4-15-33(16-5-1)47-50-48(34-17-6-2-7-18-34)52-49(51-47)54-42-23-13-12-22-39(42)40-30-35(25-27-43(40)54)36-26-28-44-41(31-36)46-38-21-11-10-14-32(38)24-29-45(46)53(44)37-19-8-3-9-20-37/h1-34H;1-31H. The molecule has 0 atom stereocenters. The van der Waals surface area contributed by atoms with Crippen LogP contribution >= 0.6 is 0 Å². The second-order valence-corrected chi connectivity index (χ2v) is 28.7. The van der Waals surface area contributed by atoms with Gasteiger partial charge in [-0.1, -0.05) is 273 Å². The molecular weight excluding hydrogens is 1360 g/mol. The van der Waals surface area contributed by atoms with Crippen LogP contribution in [-0.2, 0) is 0 Å². The third kappa shape index (κ3) is 10.7. The molecule has 9 heteroatoms. The summed E-state index contributed by atoms with van der Waals surface area (Å²) in [6.45, 7) is 0. The molecule has 0 N–H and O–H groups in total. The minimum Gasteiger partial charge on any atom is -0.309 e. The average molecular weight is 1430 g/mol. The van der Waals surface area contributed by atoms with Crippen molar-refractivity contribution >= 4 is 120 Å². The zero-order chi connectivity index (χ0) is 73.7. The fraction of sp³-hybridized carbons (Fsp3) is 0. The van der Waals surface area contributed by atoms with Crippen molar-refractivity contribution in [3.63, 3.8) is 0 Å². The Morgan fingerprint density at radius 2 is 0.473 bits per heavy atom. The van der Waals surface area contributed by atoms with Gasteiger partial charge in [-0.25, -0.2) is 15.0 Å². The van der Waals surface area contributed by atoms with Crippen LogP contribution in [-0.4, -0.2) is 43.2 Å². The molecule has 112 heavy (non-hydrogen) atoms. The number of hydrogen-bond acceptors (Lipinski definition) is 5. The van der Waals surface area contributed by atoms with Crippen molar-refractivity contribution in [3.05, 3.63) is 394 Å². The van der Waals surface area contributed by atoms with Gasteiger partial charge in [-0.15, -0.1) is 0 Å². The lowest BCUT2D eigenvalue weighted by molar-refractivity contribution is 0.953. The molecule has 0 aliphatic rings. The Labute approximate surface area is 643 Å². The Bertz CT molecular complexity index is 7600. The van der Waals surface area contributed by atoms with Gasteiger partial charge < -0.3 is 13.7 Å². The minimum atomic E-state index is 0.587. The highest BCUT2D eigenvalue weighted by molar-refractivity contribution is 6.24. The van der Waals surface area contributed by atoms with E-state index in [1.807, 2.05) is 91.0 Å². The monoisotopic (exact) mass is 1430 g/mol. The molecule has 0 aliphatic heterocycles. The molecule has 0 amide bonds. The van der Waals surface area contributed by atoms with Crippen molar-refractivity contribution in [2.75, 3.05) is 0 Å². The van der Waals surface area contributed by atoms with Gasteiger partial charge >= 0.3 is 0 Å². The molecule has 6 heterocycles. The number of benzene rings is 17. The molecule has 6 aromatic heterocycles. The number of fused-ring (bicyclic) bond motifs is 17. The summed E-state index contributed by atoms with van der Waals surface area (Å²) in [4.78, 5) is 25.4. The number of hydrogen-bond donors (Lipinski definition) is 0. The van der Waals surface area contributed by atoms with Gasteiger partial charge in [-0.05, 0) is 165 Å². The van der Waals surface area contributed by atoms with Crippen LogP contribution in [0.4, 0.5) is 0 Å². The highest BCUT2D eigenvalue weighted by atomic mass is 15.2. The van der Waals surface area contributed by atoms with E-state index in [1.54, 1.807) is 0 Å². The van der Waals surface area contributed by atoms with Gasteiger partial charge in [0, 0.05) is 82.4 Å². The lowest BCUT2D eigenvalue weighted by atomic mass is 9.99. The van der Waals surface area contributed by atoms with Crippen LogP contribution in [0.1, 0.15) is 0 Å². The van der Waals surface area contributed by atoms with Gasteiger partial charge in [0.05, 0.1) is 66.6 Å². The van der Waals surface area contributed by atoms with Gasteiger partial charge in [0.15, 0.2) is 11.6 Å². The summed E-state index contributed by atoms with van der Waals surface area (Å²) in [5.41, 5.74) is 24.8. The van der Waals surface area contributed by atoms with E-state index in [9.17, 15) is 0 Å². The molecule has 23 aromatic rings. The lowest BCUT2D eigenvalue weighted by Crippen LogP contribution is -2.06. The Balaban J connectivity index is 0.000000138. The second-order valence-electron chi connectivity index (χ2n) is 28.7. The summed E-state index contributed by atoms with van der Waals surface area (Å²) < 4.78 is 9.35. The maximum Gasteiger partial charge on any atom is 0.238 e. The minimum absolute atomic E-state index is 0.587. The third-order valence-corrected chi connectivity index (χ3v) is 22.3. The molecule has 0 fully saturated rings. The van der Waals surface area contributed by atoms with Crippen LogP contribution < -0.4 is 0 Å². The van der Waals surface area contributed by atoms with Crippen molar-refractivity contribution in [3.8, 4) is 90.6 Å². The zero-order valence-electron chi connectivity index (χ0n) is 60.6. The summed E-state index contributed by atoms with van der Waals surface area (Å²) in [7, 11) is 0. The molecule has 0 aliphatic carbocycles. The first-order valence-corrected chi connectivity index (χ1v) is 38.0. The summed E-state index contributed by atoms with van der Waals surface area (Å²) >= 11 is 0. The van der Waals surface area contributed by atoms with E-state index in [2.05, 4.69) is 322 Å². The van der Waals surface area contributed by atoms with Gasteiger partial charge in [0.2, 0.25) is 5.95 Å². The maximum absolute atomic E-state index is 5.15. The van der Waals surface area contributed by atoms with Crippen molar-refractivity contribution in [1.82, 2.24) is 43.2 Å². The Morgan fingerprint density at radius 1 is 0.170 bits per heavy atom. The van der Waals surface area contributed by atoms with Gasteiger partial charge in [-0.2, -0.15) is 9.97 Å². The molecule has 0 bridgehead atoms. The topological polar surface area (TPSA) is 84.2 Å². The largest absolute Gasteiger partial charge is 0.309 e. The Kier molecular flexibility index (Phi) is 15.1. The predicted octanol–water partition coefficient (Wildman–Crippen LogP) is 26.2. The van der Waals surface area contributed by atoms with Crippen LogP contribution in [0.3, 0.4) is 0 Å². The van der Waals surface area contributed by atoms with Crippen molar-refractivity contribution in [2.24, 2.45) is 0 Å². The van der Waals surface area contributed by atoms with E-state index in [-0.39, 0.29) is 0 Å². The molecule has 522 valence electrons. The van der Waals surface area contributed by atoms with Crippen LogP contribution in [0.5, 0.6) is 0 Å². The van der Waals surface area contributed by atoms with Crippen LogP contribution in [0.2, 0.25) is 0 Å². The number of nitrogens with zero attached hydrogens (tertiary/aromatic N) is 9. The molecular formula is C103H65N9. The van der Waals surface area contributed by atoms with E-state index < -0.39 is 0 Å². The van der Waals surface area contributed by atoms with E-state index >= 15 is 0 Å². The molecule has 0 spiro atoms. The quantitative estimate of drug-likeness (QED) is 0.136. The average Bonchev–Trinajstić information content (AvgIpc) is 1.58. The number of rotatable bonds is 10. The fourth-order valence-corrected chi connectivity index (χ4v) is 17.1. The Hall–Kier alpha value is -15.2. The van der Waals surface area contributed by atoms with Gasteiger partial charge in [0.1, 0.15) is 0 Å². The van der Waals surface area contributed by atoms with Gasteiger partial charge in [0.25, 0.3) is 0 Å². The highest BCUT2D eigenvalue weighted by Gasteiger charge is 2.24. The molecule has 0 unspecified atom stereocenters. The lowest BCUT2D eigenvalue weighted by Gasteiger charge is -2.12. The maximum atomic E-state index is 5.15. The zero-order valence-corrected chi connectivity index (χ0v) is 60.6. The Morgan fingerprint density at radius 3 is 0.929 bits per heavy atom.